The van der Waals surface area contributed by atoms with E-state index in [9.17, 15) is 9.90 Å². The molecule has 0 atom stereocenters. The zero-order valence-corrected chi connectivity index (χ0v) is 7.69. The fourth-order valence-corrected chi connectivity index (χ4v) is 1.55. The van der Waals surface area contributed by atoms with Crippen molar-refractivity contribution in [3.8, 4) is 5.75 Å². The van der Waals surface area contributed by atoms with E-state index in [1.54, 1.807) is 35.9 Å². The molecule has 3 N–H and O–H groups in total. The molecule has 0 aliphatic heterocycles. The average Bonchev–Trinajstić information content (AvgIpc) is 2.44. The first kappa shape index (κ1) is 8.62. The van der Waals surface area contributed by atoms with Gasteiger partial charge in [0.1, 0.15) is 11.4 Å². The minimum Gasteiger partial charge on any atom is -0.508 e. The second-order valence-electron chi connectivity index (χ2n) is 3.20. The number of aryl methyl sites for hydroxylation is 1. The number of carbonyl (C=O) groups excluding carboxylic acids is 1. The van der Waals surface area contributed by atoms with Crippen molar-refractivity contribution in [3.05, 3.63) is 30.0 Å². The normalized spacial score (nSPS) is 10.6. The summed E-state index contributed by atoms with van der Waals surface area (Å²) in [7, 11) is 1.74. The molecule has 0 fully saturated rings. The standard InChI is InChI=1S/C10H10N2O2/c1-12-8-5-7(13)3-2-6(8)4-9(12)10(11)14/h2-5,13H,1H3,(H2,11,14). The maximum absolute atomic E-state index is 11.0. The molecule has 0 spiro atoms. The molecule has 2 rings (SSSR count). The Morgan fingerprint density at radius 3 is 2.79 bits per heavy atom. The van der Waals surface area contributed by atoms with Crippen LogP contribution < -0.4 is 5.73 Å². The summed E-state index contributed by atoms with van der Waals surface area (Å²) in [5, 5.41) is 10.2. The lowest BCUT2D eigenvalue weighted by Crippen LogP contribution is -2.14. The van der Waals surface area contributed by atoms with Gasteiger partial charge in [0.05, 0.1) is 5.52 Å². The smallest absolute Gasteiger partial charge is 0.265 e. The molecule has 0 saturated carbocycles. The van der Waals surface area contributed by atoms with Crippen LogP contribution in [-0.2, 0) is 7.05 Å². The van der Waals surface area contributed by atoms with E-state index in [1.165, 1.54) is 0 Å². The molecule has 1 amide bonds. The molecule has 0 radical (unpaired) electrons. The predicted octanol–water partition coefficient (Wildman–Crippen LogP) is 0.983. The molecule has 4 heteroatoms. The number of carbonyl (C=O) groups is 1. The van der Waals surface area contributed by atoms with E-state index in [0.717, 1.165) is 10.9 Å². The summed E-state index contributed by atoms with van der Waals surface area (Å²) >= 11 is 0. The van der Waals surface area contributed by atoms with Crippen molar-refractivity contribution >= 4 is 16.8 Å². The van der Waals surface area contributed by atoms with Gasteiger partial charge in [-0.2, -0.15) is 0 Å². The third-order valence-corrected chi connectivity index (χ3v) is 2.28. The highest BCUT2D eigenvalue weighted by molar-refractivity contribution is 5.98. The van der Waals surface area contributed by atoms with Crippen molar-refractivity contribution in [2.75, 3.05) is 0 Å². The number of rotatable bonds is 1. The summed E-state index contributed by atoms with van der Waals surface area (Å²) in [5.74, 6) is -0.294. The van der Waals surface area contributed by atoms with Crippen LogP contribution in [0.15, 0.2) is 24.3 Å². The first-order chi connectivity index (χ1) is 6.59. The number of nitrogens with zero attached hydrogens (tertiary/aromatic N) is 1. The van der Waals surface area contributed by atoms with E-state index in [2.05, 4.69) is 0 Å². The maximum atomic E-state index is 11.0. The molecular weight excluding hydrogens is 180 g/mol. The molecule has 14 heavy (non-hydrogen) atoms. The van der Waals surface area contributed by atoms with Gasteiger partial charge >= 0.3 is 0 Å². The van der Waals surface area contributed by atoms with E-state index in [-0.39, 0.29) is 5.75 Å². The lowest BCUT2D eigenvalue weighted by atomic mass is 10.2. The second kappa shape index (κ2) is 2.77. The first-order valence-corrected chi connectivity index (χ1v) is 4.18. The topological polar surface area (TPSA) is 68.2 Å². The number of primary amides is 1. The number of phenolic OH excluding ortho intramolecular Hbond substituents is 1. The number of benzene rings is 1. The Bertz CT molecular complexity index is 514. The van der Waals surface area contributed by atoms with Gasteiger partial charge in [-0.25, -0.2) is 0 Å². The van der Waals surface area contributed by atoms with Crippen LogP contribution in [0.5, 0.6) is 5.75 Å². The van der Waals surface area contributed by atoms with Crippen LogP contribution in [-0.4, -0.2) is 15.6 Å². The van der Waals surface area contributed by atoms with Crippen LogP contribution >= 0.6 is 0 Å². The number of nitrogens with two attached hydrogens (primary N) is 1. The highest BCUT2D eigenvalue weighted by atomic mass is 16.3. The third-order valence-electron chi connectivity index (χ3n) is 2.28. The molecule has 2 aromatic rings. The van der Waals surface area contributed by atoms with Gasteiger partial charge < -0.3 is 15.4 Å². The summed E-state index contributed by atoms with van der Waals surface area (Å²) < 4.78 is 1.66. The Labute approximate surface area is 80.6 Å². The number of phenols is 1. The average molecular weight is 190 g/mol. The van der Waals surface area contributed by atoms with E-state index in [1.807, 2.05) is 0 Å². The second-order valence-corrected chi connectivity index (χ2v) is 3.20. The third kappa shape index (κ3) is 1.12. The number of aromatic hydroxyl groups is 1. The molecule has 0 aliphatic carbocycles. The Morgan fingerprint density at radius 1 is 1.43 bits per heavy atom. The highest BCUT2D eigenvalue weighted by Crippen LogP contribution is 2.22. The van der Waals surface area contributed by atoms with Crippen LogP contribution in [0, 0.1) is 0 Å². The van der Waals surface area contributed by atoms with E-state index >= 15 is 0 Å². The van der Waals surface area contributed by atoms with E-state index in [4.69, 9.17) is 5.73 Å². The Morgan fingerprint density at radius 2 is 2.14 bits per heavy atom. The van der Waals surface area contributed by atoms with Crippen molar-refractivity contribution in [2.45, 2.75) is 0 Å². The van der Waals surface area contributed by atoms with Crippen molar-refractivity contribution in [3.63, 3.8) is 0 Å². The first-order valence-electron chi connectivity index (χ1n) is 4.18. The van der Waals surface area contributed by atoms with Crippen LogP contribution in [0.2, 0.25) is 0 Å². The number of fused-ring (bicyclic) bond motifs is 1. The van der Waals surface area contributed by atoms with Crippen molar-refractivity contribution < 1.29 is 9.90 Å². The van der Waals surface area contributed by atoms with Crippen LogP contribution in [0.25, 0.3) is 10.9 Å². The Hall–Kier alpha value is -1.97. The summed E-state index contributed by atoms with van der Waals surface area (Å²) in [4.78, 5) is 11.0. The molecular formula is C10H10N2O2. The summed E-state index contributed by atoms with van der Waals surface area (Å²) in [6, 6.07) is 6.63. The number of amides is 1. The summed E-state index contributed by atoms with van der Waals surface area (Å²) in [5.41, 5.74) is 6.42. The van der Waals surface area contributed by atoms with Crippen molar-refractivity contribution in [2.24, 2.45) is 12.8 Å². The minimum atomic E-state index is -0.469. The zero-order valence-electron chi connectivity index (χ0n) is 7.69. The van der Waals surface area contributed by atoms with Crippen molar-refractivity contribution in [1.29, 1.82) is 0 Å². The van der Waals surface area contributed by atoms with E-state index in [0.29, 0.717) is 5.69 Å². The zero-order chi connectivity index (χ0) is 10.3. The van der Waals surface area contributed by atoms with Gasteiger partial charge in [0.2, 0.25) is 0 Å². The quantitative estimate of drug-likeness (QED) is 0.703. The van der Waals surface area contributed by atoms with Gasteiger partial charge in [0.15, 0.2) is 0 Å². The van der Waals surface area contributed by atoms with Gasteiger partial charge in [0, 0.05) is 18.5 Å². The molecule has 72 valence electrons. The molecule has 1 heterocycles. The number of hydrogen-bond donors (Lipinski definition) is 2. The molecule has 0 saturated heterocycles. The van der Waals surface area contributed by atoms with Gasteiger partial charge in [-0.05, 0) is 18.2 Å². The lowest BCUT2D eigenvalue weighted by molar-refractivity contribution is 0.0993. The molecule has 1 aromatic heterocycles. The van der Waals surface area contributed by atoms with Crippen LogP contribution in [0.1, 0.15) is 10.5 Å². The summed E-state index contributed by atoms with van der Waals surface area (Å²) in [6.07, 6.45) is 0. The fraction of sp³-hybridized carbons (Fsp3) is 0.100. The lowest BCUT2D eigenvalue weighted by Gasteiger charge is -1.99. The van der Waals surface area contributed by atoms with Gasteiger partial charge in [-0.15, -0.1) is 0 Å². The monoisotopic (exact) mass is 190 g/mol. The largest absolute Gasteiger partial charge is 0.508 e. The Balaban J connectivity index is 2.80. The van der Waals surface area contributed by atoms with Gasteiger partial charge in [0.25, 0.3) is 5.91 Å². The van der Waals surface area contributed by atoms with E-state index < -0.39 is 5.91 Å². The van der Waals surface area contributed by atoms with Gasteiger partial charge in [-0.3, -0.25) is 4.79 Å². The molecule has 1 aromatic carbocycles. The molecule has 0 unspecified atom stereocenters. The maximum Gasteiger partial charge on any atom is 0.265 e. The Kier molecular flexibility index (Phi) is 1.70. The number of hydrogen-bond acceptors (Lipinski definition) is 2. The van der Waals surface area contributed by atoms with Crippen LogP contribution in [0.3, 0.4) is 0 Å². The van der Waals surface area contributed by atoms with Crippen molar-refractivity contribution in [1.82, 2.24) is 4.57 Å². The van der Waals surface area contributed by atoms with Crippen LogP contribution in [0.4, 0.5) is 0 Å². The fourth-order valence-electron chi connectivity index (χ4n) is 1.55. The summed E-state index contributed by atoms with van der Waals surface area (Å²) in [6.45, 7) is 0. The highest BCUT2D eigenvalue weighted by Gasteiger charge is 2.09. The minimum absolute atomic E-state index is 0.176. The molecule has 0 bridgehead atoms. The van der Waals surface area contributed by atoms with Gasteiger partial charge in [-0.1, -0.05) is 0 Å². The molecule has 4 nitrogen and oxygen atoms in total. The SMILES string of the molecule is Cn1c(C(N)=O)cc2ccc(O)cc21. The molecule has 0 aliphatic rings. The predicted molar refractivity (Wildman–Crippen MR) is 53.1 cm³/mol. The number of aromatic nitrogens is 1.